The Balaban J connectivity index is 2.04. The number of halogens is 1. The fourth-order valence-electron chi connectivity index (χ4n) is 2.38. The number of hydrogen-bond acceptors (Lipinski definition) is 3. The van der Waals surface area contributed by atoms with Crippen molar-refractivity contribution < 1.29 is 8.42 Å². The van der Waals surface area contributed by atoms with Gasteiger partial charge in [0.15, 0.2) is 0 Å². The Bertz CT molecular complexity index is 551. The zero-order chi connectivity index (χ0) is 14.9. The molecule has 1 aliphatic carbocycles. The Morgan fingerprint density at radius 1 is 1.15 bits per heavy atom. The highest BCUT2D eigenvalue weighted by molar-refractivity contribution is 9.09. The lowest BCUT2D eigenvalue weighted by molar-refractivity contribution is 0.339. The summed E-state index contributed by atoms with van der Waals surface area (Å²) in [5, 5.41) is 0. The topological polar surface area (TPSA) is 40.6 Å². The normalized spacial score (nSPS) is 22.6. The van der Waals surface area contributed by atoms with Gasteiger partial charge in [0, 0.05) is 38.2 Å². The van der Waals surface area contributed by atoms with Crippen molar-refractivity contribution in [3.63, 3.8) is 0 Å². The van der Waals surface area contributed by atoms with E-state index in [1.807, 2.05) is 12.1 Å². The van der Waals surface area contributed by atoms with E-state index in [2.05, 4.69) is 27.9 Å². The van der Waals surface area contributed by atoms with E-state index in [0.717, 1.165) is 18.2 Å². The summed E-state index contributed by atoms with van der Waals surface area (Å²) in [6.45, 7) is 1.02. The average molecular weight is 361 g/mol. The predicted molar refractivity (Wildman–Crippen MR) is 86.0 cm³/mol. The maximum absolute atomic E-state index is 12.0. The summed E-state index contributed by atoms with van der Waals surface area (Å²) in [6.07, 6.45) is 2.44. The molecule has 0 amide bonds. The summed E-state index contributed by atoms with van der Waals surface area (Å²) in [6, 6.07) is 7.10. The number of hydrogen-bond donors (Lipinski definition) is 0. The SMILES string of the molecule is CN(CC1CC(Br)C1)c1ccc(S(=O)(=O)N(C)C)cc1. The molecule has 112 valence electrons. The van der Waals surface area contributed by atoms with Gasteiger partial charge in [-0.2, -0.15) is 0 Å². The molecule has 2 rings (SSSR count). The Morgan fingerprint density at radius 2 is 1.70 bits per heavy atom. The van der Waals surface area contributed by atoms with Crippen LogP contribution in [0.25, 0.3) is 0 Å². The standard InChI is InChI=1S/C14H21BrN2O2S/c1-16(2)20(18,19)14-6-4-13(5-7-14)17(3)10-11-8-12(15)9-11/h4-7,11-12H,8-10H2,1-3H3. The van der Waals surface area contributed by atoms with Gasteiger partial charge in [0.05, 0.1) is 4.90 Å². The summed E-state index contributed by atoms with van der Waals surface area (Å²) in [5.74, 6) is 0.731. The van der Waals surface area contributed by atoms with E-state index < -0.39 is 10.0 Å². The third kappa shape index (κ3) is 3.35. The second-order valence-corrected chi connectivity index (χ2v) is 9.04. The smallest absolute Gasteiger partial charge is 0.242 e. The van der Waals surface area contributed by atoms with Crippen molar-refractivity contribution in [3.8, 4) is 0 Å². The largest absolute Gasteiger partial charge is 0.374 e. The Labute approximate surface area is 129 Å². The highest BCUT2D eigenvalue weighted by atomic mass is 79.9. The number of benzene rings is 1. The van der Waals surface area contributed by atoms with Crippen LogP contribution in [0.5, 0.6) is 0 Å². The van der Waals surface area contributed by atoms with Crippen LogP contribution < -0.4 is 4.90 Å². The molecule has 1 fully saturated rings. The van der Waals surface area contributed by atoms with Crippen LogP contribution in [0.1, 0.15) is 12.8 Å². The number of nitrogens with zero attached hydrogens (tertiary/aromatic N) is 2. The van der Waals surface area contributed by atoms with Gasteiger partial charge < -0.3 is 4.90 Å². The first-order chi connectivity index (χ1) is 9.30. The lowest BCUT2D eigenvalue weighted by Crippen LogP contribution is -2.34. The fourth-order valence-corrected chi connectivity index (χ4v) is 4.34. The summed E-state index contributed by atoms with van der Waals surface area (Å²) in [7, 11) is 1.81. The number of anilines is 1. The van der Waals surface area contributed by atoms with Gasteiger partial charge in [0.2, 0.25) is 10.0 Å². The molecule has 0 spiro atoms. The Hall–Kier alpha value is -0.590. The second-order valence-electron chi connectivity index (χ2n) is 5.60. The van der Waals surface area contributed by atoms with E-state index in [1.54, 1.807) is 26.2 Å². The first-order valence-corrected chi connectivity index (χ1v) is 9.04. The Morgan fingerprint density at radius 3 is 2.15 bits per heavy atom. The van der Waals surface area contributed by atoms with Crippen LogP contribution in [0.15, 0.2) is 29.2 Å². The molecule has 0 aromatic heterocycles. The Kier molecular flexibility index (Phi) is 4.76. The molecule has 0 aliphatic heterocycles. The molecule has 0 N–H and O–H groups in total. The predicted octanol–water partition coefficient (Wildman–Crippen LogP) is 2.55. The minimum absolute atomic E-state index is 0.337. The van der Waals surface area contributed by atoms with Crippen molar-refractivity contribution >= 4 is 31.6 Å². The van der Waals surface area contributed by atoms with Gasteiger partial charge in [-0.25, -0.2) is 12.7 Å². The van der Waals surface area contributed by atoms with Crippen molar-refractivity contribution in [1.29, 1.82) is 0 Å². The van der Waals surface area contributed by atoms with Crippen molar-refractivity contribution in [1.82, 2.24) is 4.31 Å². The van der Waals surface area contributed by atoms with Crippen LogP contribution in [0.4, 0.5) is 5.69 Å². The fraction of sp³-hybridized carbons (Fsp3) is 0.571. The van der Waals surface area contributed by atoms with Gasteiger partial charge in [0.25, 0.3) is 0 Å². The molecule has 4 nitrogen and oxygen atoms in total. The minimum atomic E-state index is -3.33. The molecule has 1 aromatic rings. The van der Waals surface area contributed by atoms with Crippen LogP contribution >= 0.6 is 15.9 Å². The molecule has 0 radical (unpaired) electrons. The van der Waals surface area contributed by atoms with Gasteiger partial charge in [-0.05, 0) is 43.0 Å². The average Bonchev–Trinajstić information content (AvgIpc) is 2.36. The van der Waals surface area contributed by atoms with E-state index >= 15 is 0 Å². The van der Waals surface area contributed by atoms with Crippen LogP contribution in [0.2, 0.25) is 0 Å². The summed E-state index contributed by atoms with van der Waals surface area (Å²) in [4.78, 5) is 3.20. The minimum Gasteiger partial charge on any atom is -0.374 e. The molecule has 1 aromatic carbocycles. The van der Waals surface area contributed by atoms with E-state index in [-0.39, 0.29) is 0 Å². The first-order valence-electron chi connectivity index (χ1n) is 6.68. The van der Waals surface area contributed by atoms with Gasteiger partial charge in [0.1, 0.15) is 0 Å². The molecule has 1 aliphatic rings. The zero-order valence-corrected chi connectivity index (χ0v) is 14.5. The van der Waals surface area contributed by atoms with Gasteiger partial charge in [-0.15, -0.1) is 0 Å². The van der Waals surface area contributed by atoms with Crippen LogP contribution in [-0.2, 0) is 10.0 Å². The number of sulfonamides is 1. The van der Waals surface area contributed by atoms with E-state index in [1.165, 1.54) is 17.1 Å². The number of rotatable bonds is 5. The second kappa shape index (κ2) is 6.03. The van der Waals surface area contributed by atoms with Crippen molar-refractivity contribution in [3.05, 3.63) is 24.3 Å². The van der Waals surface area contributed by atoms with Crippen molar-refractivity contribution in [2.45, 2.75) is 22.6 Å². The summed E-state index contributed by atoms with van der Waals surface area (Å²) in [5.41, 5.74) is 1.06. The third-order valence-corrected chi connectivity index (χ3v) is 6.34. The van der Waals surface area contributed by atoms with Gasteiger partial charge in [-0.3, -0.25) is 0 Å². The van der Waals surface area contributed by atoms with Crippen molar-refractivity contribution in [2.75, 3.05) is 32.6 Å². The molecule has 0 heterocycles. The maximum atomic E-state index is 12.0. The summed E-state index contributed by atoms with van der Waals surface area (Å²) >= 11 is 3.60. The van der Waals surface area contributed by atoms with Crippen LogP contribution in [-0.4, -0.2) is 45.2 Å². The molecular formula is C14H21BrN2O2S. The van der Waals surface area contributed by atoms with Crippen LogP contribution in [0, 0.1) is 5.92 Å². The third-order valence-electron chi connectivity index (χ3n) is 3.77. The quantitative estimate of drug-likeness (QED) is 0.757. The molecule has 0 bridgehead atoms. The zero-order valence-electron chi connectivity index (χ0n) is 12.1. The van der Waals surface area contributed by atoms with E-state index in [0.29, 0.717) is 9.72 Å². The number of alkyl halides is 1. The molecule has 0 saturated heterocycles. The molecule has 1 saturated carbocycles. The molecule has 6 heteroatoms. The lowest BCUT2D eigenvalue weighted by Gasteiger charge is -2.35. The highest BCUT2D eigenvalue weighted by Crippen LogP contribution is 2.34. The summed E-state index contributed by atoms with van der Waals surface area (Å²) < 4.78 is 25.2. The molecule has 0 unspecified atom stereocenters. The van der Waals surface area contributed by atoms with E-state index in [9.17, 15) is 8.42 Å². The van der Waals surface area contributed by atoms with E-state index in [4.69, 9.17) is 0 Å². The molecule has 20 heavy (non-hydrogen) atoms. The van der Waals surface area contributed by atoms with Crippen molar-refractivity contribution in [2.24, 2.45) is 5.92 Å². The molecular weight excluding hydrogens is 340 g/mol. The lowest BCUT2D eigenvalue weighted by atomic mass is 9.85. The van der Waals surface area contributed by atoms with Gasteiger partial charge >= 0.3 is 0 Å². The van der Waals surface area contributed by atoms with Gasteiger partial charge in [-0.1, -0.05) is 15.9 Å². The maximum Gasteiger partial charge on any atom is 0.242 e. The van der Waals surface area contributed by atoms with Crippen LogP contribution in [0.3, 0.4) is 0 Å². The first kappa shape index (κ1) is 15.8. The monoisotopic (exact) mass is 360 g/mol. The highest BCUT2D eigenvalue weighted by Gasteiger charge is 2.27. The molecule has 0 atom stereocenters.